The van der Waals surface area contributed by atoms with Crippen LogP contribution in [-0.4, -0.2) is 4.58 Å². The summed E-state index contributed by atoms with van der Waals surface area (Å²) in [4.78, 5) is 2.72. The predicted molar refractivity (Wildman–Crippen MR) is 97.1 cm³/mol. The summed E-state index contributed by atoms with van der Waals surface area (Å²) in [6, 6.07) is 21.4. The monoisotopic (exact) mass is 314 g/mol. The van der Waals surface area contributed by atoms with Crippen LogP contribution < -0.4 is 0 Å². The third-order valence-corrected chi connectivity index (χ3v) is 5.73. The Labute approximate surface area is 137 Å². The van der Waals surface area contributed by atoms with Crippen molar-refractivity contribution in [3.63, 3.8) is 0 Å². The second-order valence-electron chi connectivity index (χ2n) is 4.79. The molecule has 0 heterocycles. The van der Waals surface area contributed by atoms with Crippen molar-refractivity contribution in [1.29, 1.82) is 0 Å². The largest absolute Gasteiger partial charge is 0.111 e. The standard InChI is InChI=1S/C19H22S2/c1-2-3-4-11-16-19(20-17-12-7-5-8-13-17)21-18-14-9-6-10-15-18/h2-3,5-10,12-15,19H,4,11,16H2,1H3/b3-2-. The van der Waals surface area contributed by atoms with Gasteiger partial charge in [0, 0.05) is 9.79 Å². The highest BCUT2D eigenvalue weighted by molar-refractivity contribution is 8.17. The molecule has 110 valence electrons. The van der Waals surface area contributed by atoms with Crippen LogP contribution in [0, 0.1) is 0 Å². The Hall–Kier alpha value is -1.12. The fraction of sp³-hybridized carbons (Fsp3) is 0.263. The summed E-state index contributed by atoms with van der Waals surface area (Å²) in [5.41, 5.74) is 0. The van der Waals surface area contributed by atoms with Gasteiger partial charge in [0.15, 0.2) is 0 Å². The van der Waals surface area contributed by atoms with Crippen molar-refractivity contribution in [3.05, 3.63) is 72.8 Å². The van der Waals surface area contributed by atoms with Gasteiger partial charge < -0.3 is 0 Å². The molecule has 2 aromatic carbocycles. The zero-order valence-electron chi connectivity index (χ0n) is 12.4. The minimum Gasteiger partial charge on any atom is -0.111 e. The first-order chi connectivity index (χ1) is 10.4. The molecule has 2 heteroatoms. The highest BCUT2D eigenvalue weighted by atomic mass is 32.2. The van der Waals surface area contributed by atoms with E-state index in [2.05, 4.69) is 79.7 Å². The van der Waals surface area contributed by atoms with E-state index in [0.717, 1.165) is 0 Å². The number of allylic oxidation sites excluding steroid dienone is 2. The van der Waals surface area contributed by atoms with Crippen LogP contribution in [0.2, 0.25) is 0 Å². The number of unbranched alkanes of at least 4 members (excludes halogenated alkanes) is 1. The quantitative estimate of drug-likeness (QED) is 0.232. The molecule has 0 amide bonds. The average molecular weight is 315 g/mol. The molecule has 0 fully saturated rings. The zero-order chi connectivity index (χ0) is 14.8. The van der Waals surface area contributed by atoms with Crippen molar-refractivity contribution in [2.24, 2.45) is 0 Å². The highest BCUT2D eigenvalue weighted by Crippen LogP contribution is 2.38. The summed E-state index contributed by atoms with van der Waals surface area (Å²) in [5, 5.41) is 0. The number of benzene rings is 2. The molecule has 0 saturated heterocycles. The first kappa shape index (κ1) is 16.3. The second kappa shape index (κ2) is 9.75. The van der Waals surface area contributed by atoms with Crippen LogP contribution in [-0.2, 0) is 0 Å². The van der Waals surface area contributed by atoms with Gasteiger partial charge in [-0.05, 0) is 50.5 Å². The number of hydrogen-bond donors (Lipinski definition) is 0. The molecule has 0 saturated carbocycles. The smallest absolute Gasteiger partial charge is 0.0596 e. The van der Waals surface area contributed by atoms with Gasteiger partial charge in [0.2, 0.25) is 0 Å². The molecule has 0 nitrogen and oxygen atoms in total. The molecule has 0 aliphatic carbocycles. The van der Waals surface area contributed by atoms with Crippen molar-refractivity contribution in [2.45, 2.75) is 40.6 Å². The molecule has 0 atom stereocenters. The van der Waals surface area contributed by atoms with E-state index in [1.54, 1.807) is 0 Å². The third-order valence-electron chi connectivity index (χ3n) is 3.07. The van der Waals surface area contributed by atoms with Crippen LogP contribution in [0.25, 0.3) is 0 Å². The van der Waals surface area contributed by atoms with Crippen LogP contribution in [0.5, 0.6) is 0 Å². The minimum atomic E-state index is 0.569. The summed E-state index contributed by atoms with van der Waals surface area (Å²) in [5.74, 6) is 0. The number of rotatable bonds is 8. The first-order valence-corrected chi connectivity index (χ1v) is 9.19. The lowest BCUT2D eigenvalue weighted by atomic mass is 10.2. The van der Waals surface area contributed by atoms with Crippen LogP contribution in [0.3, 0.4) is 0 Å². The van der Waals surface area contributed by atoms with E-state index in [0.29, 0.717) is 4.58 Å². The number of hydrogen-bond acceptors (Lipinski definition) is 2. The Morgan fingerprint density at radius 3 is 1.86 bits per heavy atom. The van der Waals surface area contributed by atoms with Crippen molar-refractivity contribution in [2.75, 3.05) is 0 Å². The van der Waals surface area contributed by atoms with Crippen LogP contribution >= 0.6 is 23.5 Å². The van der Waals surface area contributed by atoms with Gasteiger partial charge in [-0.2, -0.15) is 0 Å². The van der Waals surface area contributed by atoms with Gasteiger partial charge in [0.25, 0.3) is 0 Å². The van der Waals surface area contributed by atoms with E-state index in [9.17, 15) is 0 Å². The summed E-state index contributed by atoms with van der Waals surface area (Å²) < 4.78 is 0.569. The lowest BCUT2D eigenvalue weighted by molar-refractivity contribution is 0.803. The van der Waals surface area contributed by atoms with Crippen LogP contribution in [0.15, 0.2) is 82.6 Å². The lowest BCUT2D eigenvalue weighted by Gasteiger charge is -2.16. The van der Waals surface area contributed by atoms with E-state index in [4.69, 9.17) is 0 Å². The Morgan fingerprint density at radius 1 is 0.857 bits per heavy atom. The van der Waals surface area contributed by atoms with E-state index >= 15 is 0 Å². The van der Waals surface area contributed by atoms with E-state index < -0.39 is 0 Å². The maximum absolute atomic E-state index is 2.26. The topological polar surface area (TPSA) is 0 Å². The van der Waals surface area contributed by atoms with Crippen molar-refractivity contribution >= 4 is 23.5 Å². The van der Waals surface area contributed by atoms with Crippen molar-refractivity contribution in [1.82, 2.24) is 0 Å². The SMILES string of the molecule is C/C=C\CCCC(Sc1ccccc1)Sc1ccccc1. The lowest BCUT2D eigenvalue weighted by Crippen LogP contribution is -1.97. The van der Waals surface area contributed by atoms with E-state index in [1.807, 2.05) is 23.5 Å². The Balaban J connectivity index is 1.96. The fourth-order valence-corrected chi connectivity index (χ4v) is 4.68. The molecule has 0 spiro atoms. The molecule has 21 heavy (non-hydrogen) atoms. The van der Waals surface area contributed by atoms with Gasteiger partial charge in [0.1, 0.15) is 0 Å². The first-order valence-electron chi connectivity index (χ1n) is 7.43. The number of thioether (sulfide) groups is 2. The fourth-order valence-electron chi connectivity index (χ4n) is 2.01. The average Bonchev–Trinajstić information content (AvgIpc) is 2.53. The predicted octanol–water partition coefficient (Wildman–Crippen LogP) is 6.64. The highest BCUT2D eigenvalue weighted by Gasteiger charge is 2.11. The molecule has 0 bridgehead atoms. The molecule has 2 rings (SSSR count). The van der Waals surface area contributed by atoms with Crippen molar-refractivity contribution < 1.29 is 0 Å². The molecule has 0 aliphatic rings. The Bertz CT molecular complexity index is 478. The summed E-state index contributed by atoms with van der Waals surface area (Å²) in [6.07, 6.45) is 8.05. The zero-order valence-corrected chi connectivity index (χ0v) is 14.1. The maximum Gasteiger partial charge on any atom is 0.0596 e. The molecule has 0 aliphatic heterocycles. The van der Waals surface area contributed by atoms with E-state index in [-0.39, 0.29) is 0 Å². The summed E-state index contributed by atoms with van der Waals surface area (Å²) in [7, 11) is 0. The van der Waals surface area contributed by atoms with Gasteiger partial charge in [-0.3, -0.25) is 0 Å². The van der Waals surface area contributed by atoms with Crippen LogP contribution in [0.4, 0.5) is 0 Å². The molecule has 0 N–H and O–H groups in total. The molecule has 2 aromatic rings. The van der Waals surface area contributed by atoms with Crippen LogP contribution in [0.1, 0.15) is 26.2 Å². The maximum atomic E-state index is 2.26. The van der Waals surface area contributed by atoms with Gasteiger partial charge >= 0.3 is 0 Å². The molecule has 0 aromatic heterocycles. The Morgan fingerprint density at radius 2 is 1.38 bits per heavy atom. The molecule has 0 unspecified atom stereocenters. The van der Waals surface area contributed by atoms with Gasteiger partial charge in [0.05, 0.1) is 4.58 Å². The molecular weight excluding hydrogens is 292 g/mol. The second-order valence-corrected chi connectivity index (χ2v) is 7.64. The summed E-state index contributed by atoms with van der Waals surface area (Å²) >= 11 is 3.96. The van der Waals surface area contributed by atoms with Crippen molar-refractivity contribution in [3.8, 4) is 0 Å². The summed E-state index contributed by atoms with van der Waals surface area (Å²) in [6.45, 7) is 2.09. The van der Waals surface area contributed by atoms with E-state index in [1.165, 1.54) is 29.1 Å². The molecular formula is C19H22S2. The Kier molecular flexibility index (Phi) is 7.55. The van der Waals surface area contributed by atoms with Gasteiger partial charge in [-0.15, -0.1) is 23.5 Å². The minimum absolute atomic E-state index is 0.569. The normalized spacial score (nSPS) is 11.3. The van der Waals surface area contributed by atoms with Gasteiger partial charge in [-0.1, -0.05) is 48.6 Å². The molecule has 0 radical (unpaired) electrons. The van der Waals surface area contributed by atoms with Gasteiger partial charge in [-0.25, -0.2) is 0 Å². The third kappa shape index (κ3) is 6.45.